The zero-order valence-electron chi connectivity index (χ0n) is 11.2. The van der Waals surface area contributed by atoms with Gasteiger partial charge in [0.15, 0.2) is 0 Å². The normalized spacial score (nSPS) is 20.3. The van der Waals surface area contributed by atoms with E-state index in [2.05, 4.69) is 0 Å². The molecule has 0 spiro atoms. The number of thiophene rings is 1. The molecular weight excluding hydrogens is 308 g/mol. The van der Waals surface area contributed by atoms with Crippen LogP contribution in [-0.2, 0) is 15.1 Å². The third kappa shape index (κ3) is 2.39. The molecule has 2 unspecified atom stereocenters. The van der Waals surface area contributed by atoms with Crippen LogP contribution in [0, 0.1) is 12.8 Å². The highest BCUT2D eigenvalue weighted by Crippen LogP contribution is 2.43. The molecule has 1 aliphatic rings. The van der Waals surface area contributed by atoms with Gasteiger partial charge in [-0.15, -0.1) is 11.3 Å². The van der Waals surface area contributed by atoms with Gasteiger partial charge >= 0.3 is 5.97 Å². The molecule has 0 amide bonds. The van der Waals surface area contributed by atoms with E-state index < -0.39 is 17.5 Å². The summed E-state index contributed by atoms with van der Waals surface area (Å²) < 4.78 is 4.88. The van der Waals surface area contributed by atoms with Gasteiger partial charge in [0.05, 0.1) is 6.26 Å². The average molecular weight is 321 g/mol. The van der Waals surface area contributed by atoms with E-state index in [0.29, 0.717) is 15.5 Å². The van der Waals surface area contributed by atoms with Gasteiger partial charge in [-0.05, 0) is 47.7 Å². The number of aliphatic hydroxyl groups is 1. The molecule has 2 aromatic rings. The molecule has 1 aromatic heterocycles. The first-order valence-electron chi connectivity index (χ1n) is 6.43. The standard InChI is InChI=1S/C16H13ClO3S/c1-10-8-14(21-9-10)16(19,13-6-7-20-15(13)18)11-2-4-12(17)5-3-11/h2-9,13,19H,1H3. The van der Waals surface area contributed by atoms with Crippen molar-refractivity contribution >= 4 is 28.9 Å². The number of hydrogen-bond acceptors (Lipinski definition) is 4. The van der Waals surface area contributed by atoms with Crippen molar-refractivity contribution in [2.45, 2.75) is 12.5 Å². The van der Waals surface area contributed by atoms with Crippen LogP contribution in [0.2, 0.25) is 5.02 Å². The summed E-state index contributed by atoms with van der Waals surface area (Å²) >= 11 is 7.34. The van der Waals surface area contributed by atoms with Gasteiger partial charge in [-0.2, -0.15) is 0 Å². The largest absolute Gasteiger partial charge is 0.434 e. The SMILES string of the molecule is Cc1csc(C(O)(c2ccc(Cl)cc2)C2C=COC2=O)c1. The van der Waals surface area contributed by atoms with E-state index in [9.17, 15) is 9.90 Å². The van der Waals surface area contributed by atoms with Gasteiger partial charge in [0.2, 0.25) is 0 Å². The highest BCUT2D eigenvalue weighted by atomic mass is 35.5. The molecule has 0 radical (unpaired) electrons. The second-order valence-electron chi connectivity index (χ2n) is 5.00. The van der Waals surface area contributed by atoms with Gasteiger partial charge in [0.25, 0.3) is 0 Å². The first kappa shape index (κ1) is 14.3. The Morgan fingerprint density at radius 2 is 2.05 bits per heavy atom. The molecule has 1 aliphatic heterocycles. The minimum atomic E-state index is -1.45. The molecule has 0 saturated carbocycles. The summed E-state index contributed by atoms with van der Waals surface area (Å²) in [4.78, 5) is 12.7. The Hall–Kier alpha value is -1.62. The first-order valence-corrected chi connectivity index (χ1v) is 7.69. The maximum absolute atomic E-state index is 12.0. The highest BCUT2D eigenvalue weighted by molar-refractivity contribution is 7.10. The Morgan fingerprint density at radius 3 is 2.57 bits per heavy atom. The van der Waals surface area contributed by atoms with Gasteiger partial charge in [0, 0.05) is 9.90 Å². The Kier molecular flexibility index (Phi) is 3.61. The summed E-state index contributed by atoms with van der Waals surface area (Å²) in [6.07, 6.45) is 2.92. The van der Waals surface area contributed by atoms with Crippen molar-refractivity contribution in [3.8, 4) is 0 Å². The molecule has 108 valence electrons. The first-order chi connectivity index (χ1) is 10.0. The number of halogens is 1. The van der Waals surface area contributed by atoms with Crippen LogP contribution >= 0.6 is 22.9 Å². The number of ether oxygens (including phenoxy) is 1. The average Bonchev–Trinajstić information content (AvgIpc) is 3.08. The monoisotopic (exact) mass is 320 g/mol. The molecule has 0 fully saturated rings. The van der Waals surface area contributed by atoms with Crippen molar-refractivity contribution in [3.63, 3.8) is 0 Å². The molecule has 1 N–H and O–H groups in total. The van der Waals surface area contributed by atoms with Crippen LogP contribution in [0.1, 0.15) is 16.0 Å². The maximum Gasteiger partial charge on any atom is 0.321 e. The minimum absolute atomic E-state index is 0.460. The summed E-state index contributed by atoms with van der Waals surface area (Å²) in [5.41, 5.74) is 0.202. The summed E-state index contributed by atoms with van der Waals surface area (Å²) in [5.74, 6) is -1.23. The fourth-order valence-electron chi connectivity index (χ4n) is 2.46. The summed E-state index contributed by atoms with van der Waals surface area (Å²) in [7, 11) is 0. The van der Waals surface area contributed by atoms with Crippen LogP contribution in [0.4, 0.5) is 0 Å². The molecule has 21 heavy (non-hydrogen) atoms. The van der Waals surface area contributed by atoms with Crippen molar-refractivity contribution < 1.29 is 14.6 Å². The second kappa shape index (κ2) is 5.30. The van der Waals surface area contributed by atoms with Gasteiger partial charge in [-0.25, -0.2) is 0 Å². The molecule has 3 rings (SSSR count). The van der Waals surface area contributed by atoms with E-state index >= 15 is 0 Å². The fourth-order valence-corrected chi connectivity index (χ4v) is 3.64. The number of cyclic esters (lactones) is 1. The van der Waals surface area contributed by atoms with E-state index in [4.69, 9.17) is 16.3 Å². The second-order valence-corrected chi connectivity index (χ2v) is 6.35. The Labute approximate surface area is 131 Å². The van der Waals surface area contributed by atoms with Crippen molar-refractivity contribution in [1.82, 2.24) is 0 Å². The molecular formula is C16H13ClO3S. The molecule has 0 bridgehead atoms. The van der Waals surface area contributed by atoms with Crippen LogP contribution in [0.5, 0.6) is 0 Å². The Morgan fingerprint density at radius 1 is 1.33 bits per heavy atom. The van der Waals surface area contributed by atoms with Crippen LogP contribution in [-0.4, -0.2) is 11.1 Å². The number of carbonyl (C=O) groups is 1. The topological polar surface area (TPSA) is 46.5 Å². The predicted molar refractivity (Wildman–Crippen MR) is 82.2 cm³/mol. The zero-order valence-corrected chi connectivity index (χ0v) is 12.8. The van der Waals surface area contributed by atoms with Gasteiger partial charge in [-0.1, -0.05) is 23.7 Å². The number of carbonyl (C=O) groups excluding carboxylic acids is 1. The van der Waals surface area contributed by atoms with E-state index in [1.54, 1.807) is 30.3 Å². The van der Waals surface area contributed by atoms with Crippen LogP contribution in [0.15, 0.2) is 48.0 Å². The van der Waals surface area contributed by atoms with Crippen molar-refractivity contribution in [3.05, 3.63) is 69.1 Å². The molecule has 2 heterocycles. The third-order valence-electron chi connectivity index (χ3n) is 3.55. The van der Waals surface area contributed by atoms with E-state index in [1.807, 2.05) is 18.4 Å². The summed E-state index contributed by atoms with van der Waals surface area (Å²) in [5, 5.41) is 13.9. The molecule has 3 nitrogen and oxygen atoms in total. The van der Waals surface area contributed by atoms with Crippen LogP contribution < -0.4 is 0 Å². The number of rotatable bonds is 3. The van der Waals surface area contributed by atoms with Gasteiger partial charge in [-0.3, -0.25) is 4.79 Å². The molecule has 0 saturated heterocycles. The molecule has 5 heteroatoms. The minimum Gasteiger partial charge on any atom is -0.434 e. The molecule has 1 aromatic carbocycles. The zero-order chi connectivity index (χ0) is 15.0. The number of esters is 1. The Bertz CT molecular complexity index is 705. The summed E-state index contributed by atoms with van der Waals surface area (Å²) in [6.45, 7) is 1.95. The Balaban J connectivity index is 2.16. The van der Waals surface area contributed by atoms with Gasteiger partial charge < -0.3 is 9.84 Å². The highest BCUT2D eigenvalue weighted by Gasteiger charge is 2.46. The number of aryl methyl sites for hydroxylation is 1. The third-order valence-corrected chi connectivity index (χ3v) is 4.97. The molecule has 2 atom stereocenters. The van der Waals surface area contributed by atoms with Gasteiger partial charge in [0.1, 0.15) is 11.5 Å². The lowest BCUT2D eigenvalue weighted by Gasteiger charge is -2.31. The van der Waals surface area contributed by atoms with E-state index in [1.165, 1.54) is 17.6 Å². The van der Waals surface area contributed by atoms with Crippen molar-refractivity contribution in [2.75, 3.05) is 0 Å². The van der Waals surface area contributed by atoms with Crippen molar-refractivity contribution in [2.24, 2.45) is 5.92 Å². The van der Waals surface area contributed by atoms with Crippen molar-refractivity contribution in [1.29, 1.82) is 0 Å². The number of hydrogen-bond donors (Lipinski definition) is 1. The maximum atomic E-state index is 12.0. The van der Waals surface area contributed by atoms with Crippen LogP contribution in [0.25, 0.3) is 0 Å². The fraction of sp³-hybridized carbons (Fsp3) is 0.188. The lowest BCUT2D eigenvalue weighted by atomic mass is 9.80. The summed E-state index contributed by atoms with van der Waals surface area (Å²) in [6, 6.07) is 8.75. The number of benzene rings is 1. The lowest BCUT2D eigenvalue weighted by Crippen LogP contribution is -2.38. The van der Waals surface area contributed by atoms with E-state index in [0.717, 1.165) is 5.56 Å². The predicted octanol–water partition coefficient (Wildman–Crippen LogP) is 3.63. The van der Waals surface area contributed by atoms with Crippen LogP contribution in [0.3, 0.4) is 0 Å². The smallest absolute Gasteiger partial charge is 0.321 e. The quantitative estimate of drug-likeness (QED) is 0.878. The lowest BCUT2D eigenvalue weighted by molar-refractivity contribution is -0.144. The van der Waals surface area contributed by atoms with E-state index in [-0.39, 0.29) is 0 Å². The molecule has 0 aliphatic carbocycles.